The second-order valence-corrected chi connectivity index (χ2v) is 16.5. The maximum absolute atomic E-state index is 13.6. The predicted molar refractivity (Wildman–Crippen MR) is 98.6 cm³/mol. The maximum atomic E-state index is 13.6. The molecule has 1 amide bonds. The van der Waals surface area contributed by atoms with Gasteiger partial charge < -0.3 is 24.8 Å². The topological polar surface area (TPSA) is 29.1 Å². The molecule has 1 saturated heterocycles. The number of rotatable bonds is 3. The van der Waals surface area contributed by atoms with Crippen LogP contribution >= 0.6 is 0 Å². The fraction of sp³-hybridized carbons (Fsp3) is 0.773. The average molecular weight is 446 g/mol. The van der Waals surface area contributed by atoms with E-state index in [9.17, 15) is 4.79 Å². The normalized spacial score (nSPS) is 39.4. The number of hydrogen-bond acceptors (Lipinski definition) is 1. The second kappa shape index (κ2) is 7.19. The zero-order chi connectivity index (χ0) is 17.6. The van der Waals surface area contributed by atoms with Crippen LogP contribution in [-0.2, 0) is 21.6 Å². The molecule has 150 valence electrons. The molecule has 0 aromatic carbocycles. The summed E-state index contributed by atoms with van der Waals surface area (Å²) < 4.78 is 8.21. The molecule has 0 aromatic heterocycles. The largest absolute Gasteiger partial charge is 1.00 e. The first-order valence-electron chi connectivity index (χ1n) is 10.6. The number of hydrogen-bond donors (Lipinski definition) is 1. The van der Waals surface area contributed by atoms with Crippen molar-refractivity contribution in [2.24, 2.45) is 29.1 Å². The third-order valence-corrected chi connectivity index (χ3v) is 15.1. The zero-order valence-corrected chi connectivity index (χ0v) is 20.2. The van der Waals surface area contributed by atoms with Crippen LogP contribution in [0.1, 0.15) is 66.2 Å². The summed E-state index contributed by atoms with van der Waals surface area (Å²) in [6.45, 7) is 9.29. The fourth-order valence-electron chi connectivity index (χ4n) is 7.46. The molecule has 1 N–H and O–H groups in total. The van der Waals surface area contributed by atoms with E-state index in [1.165, 1.54) is 59.1 Å². The third kappa shape index (κ3) is 3.22. The second-order valence-electron chi connectivity index (χ2n) is 10.3. The Morgan fingerprint density at radius 2 is 1.41 bits per heavy atom. The summed E-state index contributed by atoms with van der Waals surface area (Å²) in [6.07, 6.45) is 7.86. The standard InChI is InChI=1S/C11H17NO.C9H13.C2H4.2ClH.Ti/c12-10(13)11-4-7-1-8(5-11)3-9(2-7)6-11;1-6-5-7(2)9(4)8(6)3;1-2;;;/h7-9H,1-6H2,(H2,12,13);6H,1-4H3;1-2H2;2*1H;/q;;;;;+3/p-3. The minimum Gasteiger partial charge on any atom is -1.00 e. The van der Waals surface area contributed by atoms with Crippen LogP contribution in [-0.4, -0.2) is 5.91 Å². The van der Waals surface area contributed by atoms with Crippen LogP contribution in [0.15, 0.2) is 20.6 Å². The van der Waals surface area contributed by atoms with Gasteiger partial charge in [-0.1, -0.05) is 0 Å². The van der Waals surface area contributed by atoms with Crippen LogP contribution in [0.5, 0.6) is 0 Å². The van der Waals surface area contributed by atoms with Crippen LogP contribution in [0.4, 0.5) is 0 Å². The van der Waals surface area contributed by atoms with E-state index < -0.39 is 16.8 Å². The molecule has 27 heavy (non-hydrogen) atoms. The first kappa shape index (κ1) is 21.9. The molecule has 5 aliphatic carbocycles. The van der Waals surface area contributed by atoms with E-state index in [1.807, 2.05) is 0 Å². The maximum Gasteiger partial charge on any atom is -1.00 e. The van der Waals surface area contributed by atoms with E-state index in [2.05, 4.69) is 31.5 Å². The monoisotopic (exact) mass is 445 g/mol. The molecule has 4 saturated carbocycles. The smallest absolute Gasteiger partial charge is 1.00 e. The van der Waals surface area contributed by atoms with Gasteiger partial charge in [-0.05, 0) is 0 Å². The molecule has 6 rings (SSSR count). The van der Waals surface area contributed by atoms with E-state index in [-0.39, 0.29) is 30.2 Å². The van der Waals surface area contributed by atoms with Gasteiger partial charge in [-0.2, -0.15) is 0 Å². The van der Waals surface area contributed by atoms with Crippen LogP contribution in [0.25, 0.3) is 0 Å². The van der Waals surface area contributed by atoms with Crippen molar-refractivity contribution in [3.8, 4) is 0 Å². The van der Waals surface area contributed by atoms with Crippen molar-refractivity contribution in [2.45, 2.75) is 75.7 Å². The molecule has 6 aliphatic rings. The molecule has 0 radical (unpaired) electrons. The summed E-state index contributed by atoms with van der Waals surface area (Å²) in [5.41, 5.74) is 4.62. The molecule has 2 nitrogen and oxygen atoms in total. The van der Waals surface area contributed by atoms with Crippen LogP contribution in [0.2, 0.25) is 9.45 Å². The van der Waals surface area contributed by atoms with Crippen molar-refractivity contribution in [3.05, 3.63) is 20.6 Å². The van der Waals surface area contributed by atoms with Gasteiger partial charge in [0, 0.05) is 0 Å². The van der Waals surface area contributed by atoms with E-state index in [4.69, 9.17) is 0 Å². The molecule has 5 fully saturated rings. The van der Waals surface area contributed by atoms with Crippen molar-refractivity contribution in [3.63, 3.8) is 0 Å². The molecule has 4 bridgehead atoms. The summed E-state index contributed by atoms with van der Waals surface area (Å²) in [5, 5.41) is 0. The van der Waals surface area contributed by atoms with Gasteiger partial charge in [0.25, 0.3) is 0 Å². The quantitative estimate of drug-likeness (QED) is 0.583. The van der Waals surface area contributed by atoms with Crippen LogP contribution < -0.4 is 28.6 Å². The Morgan fingerprint density at radius 1 is 0.926 bits per heavy atom. The van der Waals surface area contributed by atoms with Gasteiger partial charge in [-0.15, -0.1) is 0 Å². The summed E-state index contributed by atoms with van der Waals surface area (Å²) in [5.74, 6) is 3.66. The van der Waals surface area contributed by atoms with Crippen molar-refractivity contribution < 1.29 is 46.5 Å². The Kier molecular flexibility index (Phi) is 5.84. The summed E-state index contributed by atoms with van der Waals surface area (Å²) in [6, 6.07) is 0. The SMILES string of the molecule is CC1=C(C)C(C)[C]([Ti+2]2([NH]C(=O)C34CC5CC(CC(C5)C3)C4)[CH2][CH2]2)=C1C.[Cl-].[Cl-]. The van der Waals surface area contributed by atoms with Gasteiger partial charge in [0.1, 0.15) is 0 Å². The van der Waals surface area contributed by atoms with Crippen LogP contribution in [0, 0.1) is 29.1 Å². The fourth-order valence-corrected chi connectivity index (χ4v) is 15.0. The van der Waals surface area contributed by atoms with Gasteiger partial charge in [-0.3, -0.25) is 0 Å². The molecule has 0 spiro atoms. The Bertz CT molecular complexity index is 687. The zero-order valence-electron chi connectivity index (χ0n) is 17.1. The Hall–Kier alpha value is 0.244. The number of halogens is 2. The van der Waals surface area contributed by atoms with Crippen molar-refractivity contribution in [1.82, 2.24) is 3.80 Å². The number of allylic oxidation sites excluding steroid dienone is 4. The predicted octanol–water partition coefficient (Wildman–Crippen LogP) is -0.494. The van der Waals surface area contributed by atoms with E-state index in [0.29, 0.717) is 11.8 Å². The molecule has 1 heterocycles. The number of carbonyl (C=O) groups is 1. The van der Waals surface area contributed by atoms with Crippen molar-refractivity contribution in [1.29, 1.82) is 0 Å². The Morgan fingerprint density at radius 3 is 1.78 bits per heavy atom. The third-order valence-electron chi connectivity index (χ3n) is 8.78. The number of amides is 1. The summed E-state index contributed by atoms with van der Waals surface area (Å²) in [4.78, 5) is 13.6. The Labute approximate surface area is 180 Å². The first-order chi connectivity index (χ1) is 11.8. The minimum atomic E-state index is -2.30. The van der Waals surface area contributed by atoms with Gasteiger partial charge in [-0.25, -0.2) is 0 Å². The molecule has 0 aromatic rings. The van der Waals surface area contributed by atoms with Gasteiger partial charge in [0.05, 0.1) is 0 Å². The number of carbonyl (C=O) groups excluding carboxylic acids is 1. The van der Waals surface area contributed by atoms with E-state index in [1.54, 1.807) is 9.45 Å². The van der Waals surface area contributed by atoms with E-state index >= 15 is 0 Å². The molecule has 5 heteroatoms. The minimum absolute atomic E-state index is 0. The van der Waals surface area contributed by atoms with E-state index in [0.717, 1.165) is 17.8 Å². The van der Waals surface area contributed by atoms with Crippen molar-refractivity contribution in [2.75, 3.05) is 0 Å². The molecular weight excluding hydrogens is 413 g/mol. The molecule has 1 atom stereocenters. The molecule has 1 unspecified atom stereocenters. The van der Waals surface area contributed by atoms with Gasteiger partial charge in [0.15, 0.2) is 0 Å². The number of nitrogens with one attached hydrogen (secondary N) is 1. The average Bonchev–Trinajstić information content (AvgIpc) is 3.28. The Balaban J connectivity index is 0.00000105. The van der Waals surface area contributed by atoms with Crippen molar-refractivity contribution >= 4 is 5.91 Å². The summed E-state index contributed by atoms with van der Waals surface area (Å²) >= 11 is -2.30. The molecular formula is C22H33Cl2NOTi. The molecule has 1 aliphatic heterocycles. The summed E-state index contributed by atoms with van der Waals surface area (Å²) in [7, 11) is 0. The van der Waals surface area contributed by atoms with Crippen LogP contribution in [0.3, 0.4) is 0 Å². The van der Waals surface area contributed by atoms with Gasteiger partial charge >= 0.3 is 157 Å². The first-order valence-corrected chi connectivity index (χ1v) is 14.3. The van der Waals surface area contributed by atoms with Gasteiger partial charge in [0.2, 0.25) is 0 Å².